The van der Waals surface area contributed by atoms with E-state index in [2.05, 4.69) is 0 Å². The van der Waals surface area contributed by atoms with Gasteiger partial charge in [-0.3, -0.25) is 4.55 Å². The molecule has 0 radical (unpaired) electrons. The van der Waals surface area contributed by atoms with Crippen molar-refractivity contribution in [2.45, 2.75) is 37.9 Å². The number of ether oxygens (including phenoxy) is 2. The van der Waals surface area contributed by atoms with Crippen molar-refractivity contribution in [3.05, 3.63) is 0 Å². The molecule has 0 aliphatic carbocycles. The highest BCUT2D eigenvalue weighted by molar-refractivity contribution is 7.86. The van der Waals surface area contributed by atoms with Crippen LogP contribution in [0, 0.1) is 0 Å². The van der Waals surface area contributed by atoms with Crippen LogP contribution >= 0.6 is 0 Å². The summed E-state index contributed by atoms with van der Waals surface area (Å²) in [6.45, 7) is 4.98. The molecule has 1 heterocycles. The smallest absolute Gasteiger partial charge is 0.270 e. The number of rotatable bonds is 2. The second-order valence-electron chi connectivity index (χ2n) is 3.59. The monoisotopic (exact) mass is 210 g/mol. The van der Waals surface area contributed by atoms with Gasteiger partial charge in [0, 0.05) is 0 Å². The van der Waals surface area contributed by atoms with E-state index >= 15 is 0 Å². The molecule has 0 spiro atoms. The van der Waals surface area contributed by atoms with Crippen molar-refractivity contribution in [3.8, 4) is 0 Å². The maximum absolute atomic E-state index is 10.7. The lowest BCUT2D eigenvalue weighted by Crippen LogP contribution is -2.34. The summed E-state index contributed by atoms with van der Waals surface area (Å²) in [5, 5.41) is -0.950. The topological polar surface area (TPSA) is 72.8 Å². The molecule has 0 saturated carbocycles. The third kappa shape index (κ3) is 2.63. The van der Waals surface area contributed by atoms with E-state index in [-0.39, 0.29) is 6.61 Å². The molecular weight excluding hydrogens is 196 g/mol. The zero-order valence-electron chi connectivity index (χ0n) is 7.85. The summed E-state index contributed by atoms with van der Waals surface area (Å²) in [6, 6.07) is 0. The number of hydrogen-bond acceptors (Lipinski definition) is 4. The van der Waals surface area contributed by atoms with E-state index in [0.29, 0.717) is 0 Å². The molecule has 1 rings (SSSR count). The Balaban J connectivity index is 2.67. The van der Waals surface area contributed by atoms with Crippen molar-refractivity contribution < 1.29 is 22.4 Å². The van der Waals surface area contributed by atoms with Crippen LogP contribution < -0.4 is 0 Å². The van der Waals surface area contributed by atoms with Crippen LogP contribution in [-0.2, 0) is 19.6 Å². The van der Waals surface area contributed by atoms with Gasteiger partial charge in [-0.15, -0.1) is 0 Å². The zero-order valence-corrected chi connectivity index (χ0v) is 8.67. The summed E-state index contributed by atoms with van der Waals surface area (Å²) in [6.07, 6.45) is -0.593. The van der Waals surface area contributed by atoms with E-state index < -0.39 is 27.3 Å². The highest BCUT2D eigenvalue weighted by Crippen LogP contribution is 2.26. The van der Waals surface area contributed by atoms with Gasteiger partial charge in [0.05, 0.1) is 6.61 Å². The lowest BCUT2D eigenvalue weighted by molar-refractivity contribution is -0.138. The lowest BCUT2D eigenvalue weighted by Gasteiger charge is -2.19. The average molecular weight is 210 g/mol. The summed E-state index contributed by atoms with van der Waals surface area (Å²) in [4.78, 5) is 0. The standard InChI is InChI=1S/C7H14O5S/c1-5(13(8,9)10)6-4-11-7(2,3)12-6/h5-6H,4H2,1-3H3,(H,8,9,10)/t5?,6-/m0/s1. The summed E-state index contributed by atoms with van der Waals surface area (Å²) >= 11 is 0. The highest BCUT2D eigenvalue weighted by atomic mass is 32.2. The molecule has 1 aliphatic heterocycles. The van der Waals surface area contributed by atoms with E-state index in [1.807, 2.05) is 0 Å². The molecule has 0 aromatic rings. The Morgan fingerprint density at radius 2 is 2.08 bits per heavy atom. The quantitative estimate of drug-likeness (QED) is 0.668. The Morgan fingerprint density at radius 1 is 1.54 bits per heavy atom. The first-order valence-electron chi connectivity index (χ1n) is 4.00. The Morgan fingerprint density at radius 3 is 2.38 bits per heavy atom. The van der Waals surface area contributed by atoms with Gasteiger partial charge in [0.2, 0.25) is 0 Å². The molecule has 1 saturated heterocycles. The minimum absolute atomic E-state index is 0.188. The molecule has 1 fully saturated rings. The van der Waals surface area contributed by atoms with Crippen molar-refractivity contribution in [2.75, 3.05) is 6.61 Å². The molecule has 1 N–H and O–H groups in total. The lowest BCUT2D eigenvalue weighted by atomic mass is 10.3. The van der Waals surface area contributed by atoms with E-state index in [1.54, 1.807) is 13.8 Å². The fourth-order valence-corrected chi connectivity index (χ4v) is 1.66. The molecular formula is C7H14O5S. The van der Waals surface area contributed by atoms with Gasteiger partial charge in [-0.05, 0) is 20.8 Å². The summed E-state index contributed by atoms with van der Waals surface area (Å²) in [5.74, 6) is -0.760. The van der Waals surface area contributed by atoms with Crippen molar-refractivity contribution in [3.63, 3.8) is 0 Å². The van der Waals surface area contributed by atoms with Gasteiger partial charge >= 0.3 is 0 Å². The fourth-order valence-electron chi connectivity index (χ4n) is 1.14. The maximum Gasteiger partial charge on any atom is 0.270 e. The van der Waals surface area contributed by atoms with Gasteiger partial charge in [-0.1, -0.05) is 0 Å². The molecule has 0 aromatic heterocycles. The normalized spacial score (nSPS) is 30.3. The predicted octanol–water partition coefficient (Wildman–Crippen LogP) is 0.414. The third-order valence-electron chi connectivity index (χ3n) is 2.02. The SMILES string of the molecule is CC([C@@H]1COC(C)(C)O1)S(=O)(=O)O. The first-order chi connectivity index (χ1) is 5.72. The van der Waals surface area contributed by atoms with Crippen LogP contribution in [0.4, 0.5) is 0 Å². The molecule has 13 heavy (non-hydrogen) atoms. The molecule has 2 atom stereocenters. The second-order valence-corrected chi connectivity index (χ2v) is 5.36. The summed E-state index contributed by atoms with van der Waals surface area (Å²) in [5.41, 5.74) is 0. The van der Waals surface area contributed by atoms with Crippen LogP contribution in [0.2, 0.25) is 0 Å². The Labute approximate surface area is 77.8 Å². The van der Waals surface area contributed by atoms with Crippen LogP contribution in [0.1, 0.15) is 20.8 Å². The third-order valence-corrected chi connectivity index (χ3v) is 3.27. The average Bonchev–Trinajstić information content (AvgIpc) is 2.26. The first kappa shape index (κ1) is 10.9. The minimum atomic E-state index is -4.04. The van der Waals surface area contributed by atoms with Crippen LogP contribution in [0.5, 0.6) is 0 Å². The fraction of sp³-hybridized carbons (Fsp3) is 1.00. The van der Waals surface area contributed by atoms with Gasteiger partial charge in [-0.25, -0.2) is 0 Å². The van der Waals surface area contributed by atoms with Crippen molar-refractivity contribution in [2.24, 2.45) is 0 Å². The van der Waals surface area contributed by atoms with Crippen LogP contribution in [-0.4, -0.2) is 36.7 Å². The van der Waals surface area contributed by atoms with Gasteiger partial charge < -0.3 is 9.47 Å². The molecule has 0 amide bonds. The minimum Gasteiger partial charge on any atom is -0.348 e. The Hall–Kier alpha value is -0.170. The van der Waals surface area contributed by atoms with E-state index in [9.17, 15) is 8.42 Å². The largest absolute Gasteiger partial charge is 0.348 e. The zero-order chi connectivity index (χ0) is 10.3. The highest BCUT2D eigenvalue weighted by Gasteiger charge is 2.40. The Bertz CT molecular complexity index is 281. The van der Waals surface area contributed by atoms with Gasteiger partial charge in [-0.2, -0.15) is 8.42 Å². The Kier molecular flexibility index (Phi) is 2.68. The summed E-state index contributed by atoms with van der Waals surface area (Å²) in [7, 11) is -4.04. The van der Waals surface area contributed by atoms with Crippen molar-refractivity contribution in [1.29, 1.82) is 0 Å². The van der Waals surface area contributed by atoms with Crippen molar-refractivity contribution >= 4 is 10.1 Å². The summed E-state index contributed by atoms with van der Waals surface area (Å²) < 4.78 is 40.7. The number of hydrogen-bond donors (Lipinski definition) is 1. The second kappa shape index (κ2) is 3.20. The predicted molar refractivity (Wildman–Crippen MR) is 45.9 cm³/mol. The van der Waals surface area contributed by atoms with Gasteiger partial charge in [0.15, 0.2) is 5.79 Å². The van der Waals surface area contributed by atoms with Gasteiger partial charge in [0.1, 0.15) is 11.4 Å². The molecule has 5 nitrogen and oxygen atoms in total. The maximum atomic E-state index is 10.7. The molecule has 6 heteroatoms. The van der Waals surface area contributed by atoms with Crippen molar-refractivity contribution in [1.82, 2.24) is 0 Å². The van der Waals surface area contributed by atoms with Crippen LogP contribution in [0.15, 0.2) is 0 Å². The first-order valence-corrected chi connectivity index (χ1v) is 5.51. The molecule has 1 aliphatic rings. The van der Waals surface area contributed by atoms with E-state index in [4.69, 9.17) is 14.0 Å². The molecule has 0 aromatic carbocycles. The van der Waals surface area contributed by atoms with Crippen LogP contribution in [0.3, 0.4) is 0 Å². The molecule has 78 valence electrons. The van der Waals surface area contributed by atoms with Gasteiger partial charge in [0.25, 0.3) is 10.1 Å². The van der Waals surface area contributed by atoms with E-state index in [1.165, 1.54) is 6.92 Å². The van der Waals surface area contributed by atoms with Crippen LogP contribution in [0.25, 0.3) is 0 Å². The molecule has 1 unspecified atom stereocenters. The molecule has 0 bridgehead atoms. The van der Waals surface area contributed by atoms with E-state index in [0.717, 1.165) is 0 Å².